The van der Waals surface area contributed by atoms with Crippen LogP contribution in [0.3, 0.4) is 0 Å². The predicted octanol–water partition coefficient (Wildman–Crippen LogP) is 6.02. The number of hydrogen-bond donors (Lipinski definition) is 0. The lowest BCUT2D eigenvalue weighted by Gasteiger charge is -2.05. The second kappa shape index (κ2) is 7.54. The van der Waals surface area contributed by atoms with Crippen molar-refractivity contribution in [2.75, 3.05) is 0 Å². The van der Waals surface area contributed by atoms with Gasteiger partial charge < -0.3 is 4.57 Å². The van der Waals surface area contributed by atoms with Gasteiger partial charge in [0, 0.05) is 23.0 Å². The first-order valence-corrected chi connectivity index (χ1v) is 8.39. The second-order valence-electron chi connectivity index (χ2n) is 5.03. The fourth-order valence-corrected chi connectivity index (χ4v) is 3.56. The summed E-state index contributed by atoms with van der Waals surface area (Å²) >= 11 is 13.8. The lowest BCUT2D eigenvalue weighted by atomic mass is 10.2. The highest BCUT2D eigenvalue weighted by molar-refractivity contribution is 7.07. The molecular weight excluding hydrogens is 371 g/mol. The molecule has 1 aromatic heterocycles. The smallest absolute Gasteiger partial charge is 0.190 e. The van der Waals surface area contributed by atoms with Crippen LogP contribution in [0.25, 0.3) is 11.3 Å². The van der Waals surface area contributed by atoms with E-state index in [-0.39, 0.29) is 12.4 Å². The molecule has 23 heavy (non-hydrogen) atoms. The van der Waals surface area contributed by atoms with Crippen LogP contribution in [0.5, 0.6) is 0 Å². The lowest BCUT2D eigenvalue weighted by Crippen LogP contribution is -2.10. The highest BCUT2D eigenvalue weighted by atomic mass is 35.5. The lowest BCUT2D eigenvalue weighted by molar-refractivity contribution is 0.883. The van der Waals surface area contributed by atoms with Crippen LogP contribution in [0.2, 0.25) is 10.0 Å². The van der Waals surface area contributed by atoms with Gasteiger partial charge in [-0.2, -0.15) is 0 Å². The number of benzene rings is 2. The van der Waals surface area contributed by atoms with E-state index in [9.17, 15) is 0 Å². The number of aryl methyl sites for hydroxylation is 1. The van der Waals surface area contributed by atoms with Crippen molar-refractivity contribution in [2.45, 2.75) is 6.92 Å². The van der Waals surface area contributed by atoms with Gasteiger partial charge in [-0.25, -0.2) is 4.99 Å². The fraction of sp³-hybridized carbons (Fsp3) is 0.118. The zero-order valence-electron chi connectivity index (χ0n) is 12.6. The largest absolute Gasteiger partial charge is 0.319 e. The minimum Gasteiger partial charge on any atom is -0.319 e. The van der Waals surface area contributed by atoms with Crippen LogP contribution in [0.15, 0.2) is 52.8 Å². The molecule has 120 valence electrons. The van der Waals surface area contributed by atoms with Gasteiger partial charge in [0.25, 0.3) is 0 Å². The van der Waals surface area contributed by atoms with Crippen LogP contribution >= 0.6 is 46.9 Å². The van der Waals surface area contributed by atoms with E-state index in [2.05, 4.69) is 29.4 Å². The number of halogens is 3. The Labute approximate surface area is 155 Å². The fourth-order valence-electron chi connectivity index (χ4n) is 2.14. The second-order valence-corrected chi connectivity index (χ2v) is 6.71. The van der Waals surface area contributed by atoms with Gasteiger partial charge >= 0.3 is 0 Å². The first kappa shape index (κ1) is 18.1. The maximum absolute atomic E-state index is 6.30. The summed E-state index contributed by atoms with van der Waals surface area (Å²) in [4.78, 5) is 5.61. The minimum absolute atomic E-state index is 0. The first-order chi connectivity index (χ1) is 10.5. The normalized spacial score (nSPS) is 11.4. The maximum Gasteiger partial charge on any atom is 0.190 e. The van der Waals surface area contributed by atoms with E-state index >= 15 is 0 Å². The molecule has 0 aliphatic heterocycles. The summed E-state index contributed by atoms with van der Waals surface area (Å²) in [5.41, 5.74) is 4.15. The van der Waals surface area contributed by atoms with E-state index in [0.717, 1.165) is 21.7 Å². The number of rotatable bonds is 2. The molecule has 0 N–H and O–H groups in total. The van der Waals surface area contributed by atoms with E-state index in [4.69, 9.17) is 23.2 Å². The van der Waals surface area contributed by atoms with Crippen LogP contribution in [-0.4, -0.2) is 4.57 Å². The Kier molecular flexibility index (Phi) is 5.93. The van der Waals surface area contributed by atoms with Gasteiger partial charge in [0.2, 0.25) is 0 Å². The Morgan fingerprint density at radius 3 is 2.39 bits per heavy atom. The summed E-state index contributed by atoms with van der Waals surface area (Å²) in [6.07, 6.45) is 0. The molecule has 0 bridgehead atoms. The molecule has 2 nitrogen and oxygen atoms in total. The van der Waals surface area contributed by atoms with Crippen molar-refractivity contribution in [2.24, 2.45) is 12.0 Å². The summed E-state index contributed by atoms with van der Waals surface area (Å²) < 4.78 is 2.04. The Morgan fingerprint density at radius 1 is 1.04 bits per heavy atom. The zero-order chi connectivity index (χ0) is 15.7. The van der Waals surface area contributed by atoms with E-state index in [0.29, 0.717) is 10.0 Å². The molecule has 6 heteroatoms. The summed E-state index contributed by atoms with van der Waals surface area (Å²) in [6.45, 7) is 2.07. The highest BCUT2D eigenvalue weighted by Gasteiger charge is 2.09. The molecule has 0 aliphatic carbocycles. The highest BCUT2D eigenvalue weighted by Crippen LogP contribution is 2.30. The van der Waals surface area contributed by atoms with Gasteiger partial charge in [-0.3, -0.25) is 0 Å². The third-order valence-electron chi connectivity index (χ3n) is 3.39. The summed E-state index contributed by atoms with van der Waals surface area (Å²) in [6, 6.07) is 13.7. The van der Waals surface area contributed by atoms with E-state index < -0.39 is 0 Å². The Balaban J connectivity index is 0.00000192. The van der Waals surface area contributed by atoms with Crippen LogP contribution < -0.4 is 4.80 Å². The Bertz CT molecular complexity index is 880. The molecule has 0 radical (unpaired) electrons. The molecule has 0 unspecified atom stereocenters. The molecule has 0 saturated carbocycles. The van der Waals surface area contributed by atoms with Crippen molar-refractivity contribution in [3.05, 3.63) is 68.3 Å². The Morgan fingerprint density at radius 2 is 1.74 bits per heavy atom. The minimum atomic E-state index is 0. The van der Waals surface area contributed by atoms with E-state index in [1.807, 2.05) is 35.9 Å². The van der Waals surface area contributed by atoms with Crippen molar-refractivity contribution in [1.29, 1.82) is 0 Å². The van der Waals surface area contributed by atoms with Crippen LogP contribution in [-0.2, 0) is 7.05 Å². The number of thiazole rings is 1. The molecule has 0 atom stereocenters. The van der Waals surface area contributed by atoms with Gasteiger partial charge in [-0.05, 0) is 37.3 Å². The molecule has 0 saturated heterocycles. The topological polar surface area (TPSA) is 17.3 Å². The van der Waals surface area contributed by atoms with Crippen LogP contribution in [0.1, 0.15) is 5.56 Å². The van der Waals surface area contributed by atoms with Gasteiger partial charge in [0.1, 0.15) is 0 Å². The molecule has 1 heterocycles. The van der Waals surface area contributed by atoms with Crippen LogP contribution in [0.4, 0.5) is 5.69 Å². The van der Waals surface area contributed by atoms with E-state index in [1.54, 1.807) is 17.4 Å². The summed E-state index contributed by atoms with van der Waals surface area (Å²) in [5.74, 6) is 0. The predicted molar refractivity (Wildman–Crippen MR) is 102 cm³/mol. The third kappa shape index (κ3) is 3.99. The summed E-state index contributed by atoms with van der Waals surface area (Å²) in [7, 11) is 1.99. The molecule has 0 amide bonds. The molecule has 3 aromatic rings. The molecule has 0 aliphatic rings. The number of hydrogen-bond acceptors (Lipinski definition) is 2. The van der Waals surface area contributed by atoms with Crippen molar-refractivity contribution in [1.82, 2.24) is 4.57 Å². The van der Waals surface area contributed by atoms with Gasteiger partial charge in [0.15, 0.2) is 4.80 Å². The average molecular weight is 386 g/mol. The molecule has 0 spiro atoms. The van der Waals surface area contributed by atoms with E-state index in [1.165, 1.54) is 5.56 Å². The standard InChI is InChI=1S/C17H14Cl2N2S.ClH/c1-11-3-6-13(7-4-11)20-17-21(2)16(10-22-17)14-8-5-12(18)9-15(14)19;/h3-10H,1-2H3;1H. The molecule has 0 fully saturated rings. The zero-order valence-corrected chi connectivity index (χ0v) is 15.7. The monoisotopic (exact) mass is 384 g/mol. The summed E-state index contributed by atoms with van der Waals surface area (Å²) in [5, 5.41) is 3.33. The van der Waals surface area contributed by atoms with Crippen LogP contribution in [0, 0.1) is 6.92 Å². The number of aromatic nitrogens is 1. The molecule has 3 rings (SSSR count). The van der Waals surface area contributed by atoms with Gasteiger partial charge in [-0.15, -0.1) is 23.7 Å². The first-order valence-electron chi connectivity index (χ1n) is 6.76. The van der Waals surface area contributed by atoms with Gasteiger partial charge in [-0.1, -0.05) is 40.9 Å². The van der Waals surface area contributed by atoms with Crippen molar-refractivity contribution >= 4 is 52.6 Å². The third-order valence-corrected chi connectivity index (χ3v) is 4.85. The average Bonchev–Trinajstić information content (AvgIpc) is 2.83. The van der Waals surface area contributed by atoms with Crippen molar-refractivity contribution in [3.8, 4) is 11.3 Å². The quantitative estimate of drug-likeness (QED) is 0.513. The maximum atomic E-state index is 6.30. The Hall–Kier alpha value is -1.26. The van der Waals surface area contributed by atoms with Crippen molar-refractivity contribution in [3.63, 3.8) is 0 Å². The van der Waals surface area contributed by atoms with Gasteiger partial charge in [0.05, 0.1) is 16.4 Å². The SMILES string of the molecule is Cc1ccc(N=c2scc(-c3ccc(Cl)cc3Cl)n2C)cc1.Cl. The van der Waals surface area contributed by atoms with Crippen molar-refractivity contribution < 1.29 is 0 Å². The molecule has 2 aromatic carbocycles. The molecular formula is C17H15Cl3N2S. The number of nitrogens with zero attached hydrogens (tertiary/aromatic N) is 2.